The highest BCUT2D eigenvalue weighted by Crippen LogP contribution is 2.38. The monoisotopic (exact) mass is 308 g/mol. The first-order valence-corrected chi connectivity index (χ1v) is 6.80. The molecule has 1 atom stereocenters. The van der Waals surface area contributed by atoms with Crippen molar-refractivity contribution in [1.29, 1.82) is 0 Å². The van der Waals surface area contributed by atoms with Gasteiger partial charge in [0.2, 0.25) is 0 Å². The fraction of sp³-hybridized carbons (Fsp3) is 0.250. The number of phenolic OH excluding ortho intramolecular Hbond substituents is 1. The normalized spacial score (nSPS) is 12.0. The molecule has 2 aromatic carbocycles. The number of hydrogen-bond acceptors (Lipinski definition) is 4. The smallest absolute Gasteiger partial charge is 0.179 e. The van der Waals surface area contributed by atoms with Crippen molar-refractivity contribution in [3.63, 3.8) is 0 Å². The summed E-state index contributed by atoms with van der Waals surface area (Å²) in [5.41, 5.74) is 1.45. The molecule has 0 saturated heterocycles. The molecular weight excluding hydrogens is 292 g/mol. The number of benzene rings is 2. The lowest BCUT2D eigenvalue weighted by Gasteiger charge is -2.16. The van der Waals surface area contributed by atoms with E-state index in [1.54, 1.807) is 30.3 Å². The van der Waals surface area contributed by atoms with E-state index in [2.05, 4.69) is 0 Å². The molecule has 5 heteroatoms. The number of aromatic hydroxyl groups is 1. The number of aliphatic hydroxyl groups is 1. The van der Waals surface area contributed by atoms with Gasteiger partial charge >= 0.3 is 0 Å². The van der Waals surface area contributed by atoms with Crippen LogP contribution in [-0.4, -0.2) is 24.4 Å². The van der Waals surface area contributed by atoms with Crippen molar-refractivity contribution in [2.45, 2.75) is 12.5 Å². The molecule has 2 aromatic rings. The first-order valence-electron chi connectivity index (χ1n) is 6.42. The van der Waals surface area contributed by atoms with E-state index in [4.69, 9.17) is 21.1 Å². The lowest BCUT2D eigenvalue weighted by atomic mass is 10.0. The highest BCUT2D eigenvalue weighted by Gasteiger charge is 2.16. The van der Waals surface area contributed by atoms with Crippen molar-refractivity contribution >= 4 is 11.6 Å². The molecule has 21 heavy (non-hydrogen) atoms. The minimum absolute atomic E-state index is 0.171. The van der Waals surface area contributed by atoms with Crippen LogP contribution >= 0.6 is 11.6 Å². The van der Waals surface area contributed by atoms with Crippen LogP contribution < -0.4 is 9.47 Å². The summed E-state index contributed by atoms with van der Waals surface area (Å²) in [7, 11) is 3.02. The Kier molecular flexibility index (Phi) is 4.94. The van der Waals surface area contributed by atoms with E-state index in [9.17, 15) is 10.2 Å². The standard InChI is InChI=1S/C16H17ClO4/c1-20-15-9-11(8-13(17)16(15)21-2)14(19)7-10-4-3-5-12(18)6-10/h3-6,8-9,14,18-19H,7H2,1-2H3. The van der Waals surface area contributed by atoms with Crippen LogP contribution in [0.4, 0.5) is 0 Å². The zero-order valence-corrected chi connectivity index (χ0v) is 12.6. The molecule has 112 valence electrons. The topological polar surface area (TPSA) is 58.9 Å². The van der Waals surface area contributed by atoms with Crippen LogP contribution in [0.5, 0.6) is 17.2 Å². The van der Waals surface area contributed by atoms with Gasteiger partial charge in [0, 0.05) is 6.42 Å². The van der Waals surface area contributed by atoms with Crippen LogP contribution in [0.1, 0.15) is 17.2 Å². The van der Waals surface area contributed by atoms with Crippen LogP contribution in [0.3, 0.4) is 0 Å². The maximum absolute atomic E-state index is 10.3. The zero-order chi connectivity index (χ0) is 15.4. The summed E-state index contributed by atoms with van der Waals surface area (Å²) >= 11 is 6.13. The molecule has 0 aliphatic heterocycles. The Bertz CT molecular complexity index is 628. The van der Waals surface area contributed by atoms with E-state index < -0.39 is 6.10 Å². The molecule has 0 saturated carbocycles. The second kappa shape index (κ2) is 6.70. The van der Waals surface area contributed by atoms with E-state index in [-0.39, 0.29) is 5.75 Å². The summed E-state index contributed by atoms with van der Waals surface area (Å²) in [6.07, 6.45) is -0.399. The molecule has 0 bridgehead atoms. The van der Waals surface area contributed by atoms with Crippen LogP contribution in [0.25, 0.3) is 0 Å². The quantitative estimate of drug-likeness (QED) is 0.889. The Labute approximate surface area is 128 Å². The van der Waals surface area contributed by atoms with Crippen molar-refractivity contribution in [2.75, 3.05) is 14.2 Å². The predicted octanol–water partition coefficient (Wildman–Crippen LogP) is 3.34. The van der Waals surface area contributed by atoms with Crippen LogP contribution in [-0.2, 0) is 6.42 Å². The van der Waals surface area contributed by atoms with Gasteiger partial charge < -0.3 is 19.7 Å². The fourth-order valence-electron chi connectivity index (χ4n) is 2.15. The third kappa shape index (κ3) is 3.60. The summed E-state index contributed by atoms with van der Waals surface area (Å²) in [5.74, 6) is 1.08. The second-order valence-corrected chi connectivity index (χ2v) is 5.04. The van der Waals surface area contributed by atoms with Gasteiger partial charge in [0.25, 0.3) is 0 Å². The highest BCUT2D eigenvalue weighted by atomic mass is 35.5. The second-order valence-electron chi connectivity index (χ2n) is 4.63. The third-order valence-corrected chi connectivity index (χ3v) is 3.46. The summed E-state index contributed by atoms with van der Waals surface area (Å²) in [6, 6.07) is 10.1. The molecule has 0 radical (unpaired) electrons. The maximum atomic E-state index is 10.3. The highest BCUT2D eigenvalue weighted by molar-refractivity contribution is 6.32. The molecule has 0 heterocycles. The fourth-order valence-corrected chi connectivity index (χ4v) is 2.45. The average Bonchev–Trinajstić information content (AvgIpc) is 2.46. The first-order chi connectivity index (χ1) is 10.0. The van der Waals surface area contributed by atoms with E-state index in [0.717, 1.165) is 5.56 Å². The Balaban J connectivity index is 2.27. The molecule has 2 rings (SSSR count). The summed E-state index contributed by atoms with van der Waals surface area (Å²) in [4.78, 5) is 0. The van der Waals surface area contributed by atoms with E-state index in [1.807, 2.05) is 6.07 Å². The molecule has 2 N–H and O–H groups in total. The van der Waals surface area contributed by atoms with Crippen molar-refractivity contribution in [3.8, 4) is 17.2 Å². The number of hydrogen-bond donors (Lipinski definition) is 2. The minimum Gasteiger partial charge on any atom is -0.508 e. The first kappa shape index (κ1) is 15.5. The predicted molar refractivity (Wildman–Crippen MR) is 81.3 cm³/mol. The van der Waals surface area contributed by atoms with Gasteiger partial charge in [0.05, 0.1) is 25.3 Å². The van der Waals surface area contributed by atoms with Crippen molar-refractivity contribution < 1.29 is 19.7 Å². The summed E-state index contributed by atoms with van der Waals surface area (Å²) < 4.78 is 10.4. The largest absolute Gasteiger partial charge is 0.508 e. The molecule has 4 nitrogen and oxygen atoms in total. The van der Waals surface area contributed by atoms with Gasteiger partial charge in [-0.3, -0.25) is 0 Å². The van der Waals surface area contributed by atoms with Crippen LogP contribution in [0.2, 0.25) is 5.02 Å². The lowest BCUT2D eigenvalue weighted by molar-refractivity contribution is 0.178. The van der Waals surface area contributed by atoms with Crippen molar-refractivity contribution in [2.24, 2.45) is 0 Å². The SMILES string of the molecule is COc1cc(C(O)Cc2cccc(O)c2)cc(Cl)c1OC. The number of ether oxygens (including phenoxy) is 2. The van der Waals surface area contributed by atoms with Crippen molar-refractivity contribution in [3.05, 3.63) is 52.5 Å². The molecule has 0 spiro atoms. The molecule has 0 aliphatic carbocycles. The average molecular weight is 309 g/mol. The lowest BCUT2D eigenvalue weighted by Crippen LogP contribution is -2.03. The van der Waals surface area contributed by atoms with Crippen molar-refractivity contribution in [1.82, 2.24) is 0 Å². The molecule has 0 aliphatic rings. The Morgan fingerprint density at radius 1 is 1.14 bits per heavy atom. The number of rotatable bonds is 5. The molecule has 0 aromatic heterocycles. The Hall–Kier alpha value is -1.91. The van der Waals surface area contributed by atoms with Gasteiger partial charge in [-0.25, -0.2) is 0 Å². The minimum atomic E-state index is -0.760. The Morgan fingerprint density at radius 2 is 1.90 bits per heavy atom. The summed E-state index contributed by atoms with van der Waals surface area (Å²) in [6.45, 7) is 0. The van der Waals surface area contributed by atoms with Crippen LogP contribution in [0.15, 0.2) is 36.4 Å². The number of methoxy groups -OCH3 is 2. The molecular formula is C16H17ClO4. The van der Waals surface area contributed by atoms with Gasteiger partial charge in [0.1, 0.15) is 5.75 Å². The van der Waals surface area contributed by atoms with Gasteiger partial charge in [-0.05, 0) is 35.4 Å². The number of phenols is 1. The Morgan fingerprint density at radius 3 is 2.52 bits per heavy atom. The third-order valence-electron chi connectivity index (χ3n) is 3.18. The number of halogens is 1. The van der Waals surface area contributed by atoms with E-state index in [1.165, 1.54) is 14.2 Å². The zero-order valence-electron chi connectivity index (χ0n) is 11.8. The van der Waals surface area contributed by atoms with Crippen LogP contribution in [0, 0.1) is 0 Å². The molecule has 0 fully saturated rings. The van der Waals surface area contributed by atoms with Gasteiger partial charge in [0.15, 0.2) is 11.5 Å². The van der Waals surface area contributed by atoms with Gasteiger partial charge in [-0.15, -0.1) is 0 Å². The van der Waals surface area contributed by atoms with Gasteiger partial charge in [-0.2, -0.15) is 0 Å². The maximum Gasteiger partial charge on any atom is 0.179 e. The number of aliphatic hydroxyl groups excluding tert-OH is 1. The molecule has 0 amide bonds. The van der Waals surface area contributed by atoms with Gasteiger partial charge in [-0.1, -0.05) is 23.7 Å². The van der Waals surface area contributed by atoms with E-state index >= 15 is 0 Å². The summed E-state index contributed by atoms with van der Waals surface area (Å²) in [5, 5.41) is 20.2. The van der Waals surface area contributed by atoms with E-state index in [0.29, 0.717) is 28.5 Å². The molecule has 1 unspecified atom stereocenters.